The maximum Gasteiger partial charge on any atom is 0.123 e. The summed E-state index contributed by atoms with van der Waals surface area (Å²) < 4.78 is 13.2. The molecule has 1 atom stereocenters. The first-order valence-electron chi connectivity index (χ1n) is 7.82. The molecule has 112 valence electrons. The fraction of sp³-hybridized carbons (Fsp3) is 0.647. The van der Waals surface area contributed by atoms with Gasteiger partial charge >= 0.3 is 0 Å². The predicted molar refractivity (Wildman–Crippen MR) is 82.5 cm³/mol. The van der Waals surface area contributed by atoms with Crippen molar-refractivity contribution in [1.82, 2.24) is 10.2 Å². The molecule has 0 radical (unpaired) electrons. The average Bonchev–Trinajstić information content (AvgIpc) is 2.47. The Morgan fingerprint density at radius 3 is 2.75 bits per heavy atom. The Bertz CT molecular complexity index is 429. The first kappa shape index (κ1) is 15.5. The van der Waals surface area contributed by atoms with Gasteiger partial charge in [-0.15, -0.1) is 0 Å². The van der Waals surface area contributed by atoms with E-state index in [1.807, 2.05) is 6.07 Å². The molecule has 0 aromatic heterocycles. The van der Waals surface area contributed by atoms with Crippen molar-refractivity contribution in [3.8, 4) is 0 Å². The minimum absolute atomic E-state index is 0.132. The third-order valence-corrected chi connectivity index (χ3v) is 4.83. The molecule has 1 N–H and O–H groups in total. The molecule has 1 aliphatic rings. The number of piperazine rings is 1. The molecule has 1 fully saturated rings. The van der Waals surface area contributed by atoms with Crippen molar-refractivity contribution in [3.05, 3.63) is 35.6 Å². The van der Waals surface area contributed by atoms with Crippen molar-refractivity contribution in [3.63, 3.8) is 0 Å². The van der Waals surface area contributed by atoms with E-state index in [9.17, 15) is 4.39 Å². The first-order chi connectivity index (χ1) is 9.58. The zero-order valence-corrected chi connectivity index (χ0v) is 13.0. The predicted octanol–water partition coefficient (Wildman–Crippen LogP) is 3.22. The molecule has 1 heterocycles. The smallest absolute Gasteiger partial charge is 0.123 e. The Balaban J connectivity index is 1.96. The second-order valence-corrected chi connectivity index (χ2v) is 6.07. The largest absolute Gasteiger partial charge is 0.308 e. The summed E-state index contributed by atoms with van der Waals surface area (Å²) in [5.41, 5.74) is 1.35. The number of nitrogens with one attached hydrogen (secondary N) is 1. The fourth-order valence-electron chi connectivity index (χ4n) is 3.08. The summed E-state index contributed by atoms with van der Waals surface area (Å²) in [6.07, 6.45) is 3.24. The first-order valence-corrected chi connectivity index (χ1v) is 7.82. The molecule has 0 saturated carbocycles. The van der Waals surface area contributed by atoms with Gasteiger partial charge in [0.25, 0.3) is 0 Å². The quantitative estimate of drug-likeness (QED) is 0.889. The van der Waals surface area contributed by atoms with Gasteiger partial charge in [-0.3, -0.25) is 4.90 Å². The number of benzene rings is 1. The number of hydrogen-bond acceptors (Lipinski definition) is 2. The Kier molecular flexibility index (Phi) is 5.17. The van der Waals surface area contributed by atoms with Crippen molar-refractivity contribution in [2.24, 2.45) is 0 Å². The van der Waals surface area contributed by atoms with E-state index in [0.29, 0.717) is 6.04 Å². The van der Waals surface area contributed by atoms with E-state index >= 15 is 0 Å². The van der Waals surface area contributed by atoms with Crippen LogP contribution in [0.4, 0.5) is 4.39 Å². The molecule has 0 amide bonds. The molecule has 0 spiro atoms. The highest BCUT2D eigenvalue weighted by Crippen LogP contribution is 2.22. The fourth-order valence-corrected chi connectivity index (χ4v) is 3.08. The summed E-state index contributed by atoms with van der Waals surface area (Å²) in [6, 6.07) is 7.53. The summed E-state index contributed by atoms with van der Waals surface area (Å²) in [5, 5.41) is 3.72. The van der Waals surface area contributed by atoms with Crippen LogP contribution in [0.25, 0.3) is 0 Å². The highest BCUT2D eigenvalue weighted by molar-refractivity contribution is 5.16. The monoisotopic (exact) mass is 278 g/mol. The average molecular weight is 278 g/mol. The lowest BCUT2D eigenvalue weighted by Gasteiger charge is -2.46. The molecule has 3 heteroatoms. The van der Waals surface area contributed by atoms with E-state index in [2.05, 4.69) is 31.0 Å². The number of halogens is 1. The van der Waals surface area contributed by atoms with Gasteiger partial charge in [0.1, 0.15) is 5.82 Å². The second kappa shape index (κ2) is 6.68. The van der Waals surface area contributed by atoms with Gasteiger partial charge in [0, 0.05) is 31.2 Å². The van der Waals surface area contributed by atoms with Crippen molar-refractivity contribution >= 4 is 0 Å². The Morgan fingerprint density at radius 2 is 2.10 bits per heavy atom. The van der Waals surface area contributed by atoms with Gasteiger partial charge < -0.3 is 5.32 Å². The molecule has 1 aliphatic heterocycles. The van der Waals surface area contributed by atoms with Gasteiger partial charge in [-0.05, 0) is 43.9 Å². The lowest BCUT2D eigenvalue weighted by atomic mass is 9.88. The molecule has 1 aromatic carbocycles. The molecule has 20 heavy (non-hydrogen) atoms. The Labute approximate surface area is 122 Å². The number of nitrogens with zero attached hydrogens (tertiary/aromatic N) is 1. The number of rotatable bonds is 5. The minimum atomic E-state index is -0.132. The molecule has 1 unspecified atom stereocenters. The standard InChI is InChI=1S/C17H27FN2/c1-4-17(5-2)13-20(14(3)12-19-17)10-9-15-7-6-8-16(18)11-15/h6-8,11,14,19H,4-5,9-10,12-13H2,1-3H3. The van der Waals surface area contributed by atoms with Gasteiger partial charge in [0.15, 0.2) is 0 Å². The van der Waals surface area contributed by atoms with E-state index in [0.717, 1.165) is 44.5 Å². The van der Waals surface area contributed by atoms with Crippen LogP contribution < -0.4 is 5.32 Å². The number of hydrogen-bond donors (Lipinski definition) is 1. The van der Waals surface area contributed by atoms with Crippen LogP contribution in [0.15, 0.2) is 24.3 Å². The van der Waals surface area contributed by atoms with Crippen molar-refractivity contribution in [1.29, 1.82) is 0 Å². The lowest BCUT2D eigenvalue weighted by Crippen LogP contribution is -2.63. The van der Waals surface area contributed by atoms with Crippen LogP contribution in [-0.4, -0.2) is 36.1 Å². The summed E-state index contributed by atoms with van der Waals surface area (Å²) in [5.74, 6) is -0.132. The molecule has 1 aromatic rings. The van der Waals surface area contributed by atoms with Crippen LogP contribution in [0.3, 0.4) is 0 Å². The van der Waals surface area contributed by atoms with E-state index in [1.54, 1.807) is 12.1 Å². The molecule has 0 bridgehead atoms. The third kappa shape index (κ3) is 3.58. The second-order valence-electron chi connectivity index (χ2n) is 6.07. The van der Waals surface area contributed by atoms with Gasteiger partial charge in [0.05, 0.1) is 0 Å². The summed E-state index contributed by atoms with van der Waals surface area (Å²) in [6.45, 7) is 9.94. The van der Waals surface area contributed by atoms with Crippen LogP contribution in [0.5, 0.6) is 0 Å². The zero-order valence-electron chi connectivity index (χ0n) is 13.0. The lowest BCUT2D eigenvalue weighted by molar-refractivity contribution is 0.0819. The summed E-state index contributed by atoms with van der Waals surface area (Å²) in [7, 11) is 0. The van der Waals surface area contributed by atoms with Gasteiger partial charge in [-0.25, -0.2) is 4.39 Å². The Morgan fingerprint density at radius 1 is 1.35 bits per heavy atom. The van der Waals surface area contributed by atoms with E-state index in [1.165, 1.54) is 6.07 Å². The SMILES string of the molecule is CCC1(CC)CN(CCc2cccc(F)c2)C(C)CN1. The Hall–Kier alpha value is -0.930. The van der Waals surface area contributed by atoms with Crippen molar-refractivity contribution in [2.45, 2.75) is 51.6 Å². The molecule has 2 nitrogen and oxygen atoms in total. The van der Waals surface area contributed by atoms with E-state index < -0.39 is 0 Å². The van der Waals surface area contributed by atoms with Crippen LogP contribution >= 0.6 is 0 Å². The van der Waals surface area contributed by atoms with Crippen LogP contribution in [0.2, 0.25) is 0 Å². The van der Waals surface area contributed by atoms with Gasteiger partial charge in [-0.2, -0.15) is 0 Å². The van der Waals surface area contributed by atoms with Gasteiger partial charge in [0.2, 0.25) is 0 Å². The molecular weight excluding hydrogens is 251 g/mol. The maximum absolute atomic E-state index is 13.2. The summed E-state index contributed by atoms with van der Waals surface area (Å²) in [4.78, 5) is 2.55. The van der Waals surface area contributed by atoms with Crippen molar-refractivity contribution < 1.29 is 4.39 Å². The van der Waals surface area contributed by atoms with Crippen molar-refractivity contribution in [2.75, 3.05) is 19.6 Å². The summed E-state index contributed by atoms with van der Waals surface area (Å²) >= 11 is 0. The normalized spacial score (nSPS) is 22.9. The third-order valence-electron chi connectivity index (χ3n) is 4.83. The molecule has 2 rings (SSSR count). The maximum atomic E-state index is 13.2. The highest BCUT2D eigenvalue weighted by atomic mass is 19.1. The van der Waals surface area contributed by atoms with Crippen LogP contribution in [0, 0.1) is 5.82 Å². The van der Waals surface area contributed by atoms with E-state index in [-0.39, 0.29) is 11.4 Å². The molecule has 0 aliphatic carbocycles. The topological polar surface area (TPSA) is 15.3 Å². The minimum Gasteiger partial charge on any atom is -0.308 e. The highest BCUT2D eigenvalue weighted by Gasteiger charge is 2.34. The molecular formula is C17H27FN2. The van der Waals surface area contributed by atoms with Crippen LogP contribution in [-0.2, 0) is 6.42 Å². The van der Waals surface area contributed by atoms with Crippen LogP contribution in [0.1, 0.15) is 39.2 Å². The zero-order chi connectivity index (χ0) is 14.6. The molecule has 1 saturated heterocycles. The van der Waals surface area contributed by atoms with E-state index in [4.69, 9.17) is 0 Å². The van der Waals surface area contributed by atoms with Gasteiger partial charge in [-0.1, -0.05) is 26.0 Å².